The molecule has 0 atom stereocenters. The lowest BCUT2D eigenvalue weighted by molar-refractivity contribution is -0.0401. The van der Waals surface area contributed by atoms with E-state index in [1.165, 1.54) is 22.9 Å². The van der Waals surface area contributed by atoms with Crippen molar-refractivity contribution in [2.24, 2.45) is 0 Å². The number of carbonyl (C=O) groups excluding carboxylic acids is 1. The fourth-order valence-electron chi connectivity index (χ4n) is 4.25. The number of rotatable bonds is 6. The standard InChI is InChI=1S/C25H24BrN3O2S2/c1-4-5-18-17-11-31-25(2,3)10-16(17)20-21-22(33-23(20)29-18)24(28-13-27-21)32-12-19(30)14-6-8-15(26)9-7-14/h6-9,13H,4-5,10-12H2,1-3H3. The number of pyridine rings is 1. The number of nitrogens with zero attached hydrogens (tertiary/aromatic N) is 3. The zero-order chi connectivity index (χ0) is 23.2. The minimum atomic E-state index is -0.221. The zero-order valence-corrected chi connectivity index (χ0v) is 22.0. The molecule has 5 rings (SSSR count). The minimum Gasteiger partial charge on any atom is -0.370 e. The molecule has 5 nitrogen and oxygen atoms in total. The van der Waals surface area contributed by atoms with E-state index in [0.717, 1.165) is 54.9 Å². The van der Waals surface area contributed by atoms with Crippen molar-refractivity contribution in [3.05, 3.63) is 57.4 Å². The van der Waals surface area contributed by atoms with Crippen LogP contribution in [0.5, 0.6) is 0 Å². The maximum atomic E-state index is 12.7. The summed E-state index contributed by atoms with van der Waals surface area (Å²) in [5.74, 6) is 0.412. The van der Waals surface area contributed by atoms with Gasteiger partial charge in [-0.25, -0.2) is 15.0 Å². The number of thiophene rings is 1. The van der Waals surface area contributed by atoms with E-state index < -0.39 is 0 Å². The predicted molar refractivity (Wildman–Crippen MR) is 138 cm³/mol. The van der Waals surface area contributed by atoms with Gasteiger partial charge in [0.2, 0.25) is 0 Å². The summed E-state index contributed by atoms with van der Waals surface area (Å²) in [4.78, 5) is 28.0. The summed E-state index contributed by atoms with van der Waals surface area (Å²) in [6.45, 7) is 7.05. The summed E-state index contributed by atoms with van der Waals surface area (Å²) in [5.41, 5.74) is 5.09. The van der Waals surface area contributed by atoms with Crippen molar-refractivity contribution in [3.8, 4) is 0 Å². The van der Waals surface area contributed by atoms with Gasteiger partial charge in [-0.3, -0.25) is 4.79 Å². The first-order chi connectivity index (χ1) is 15.9. The van der Waals surface area contributed by atoms with E-state index in [1.807, 2.05) is 24.3 Å². The number of hydrogen-bond acceptors (Lipinski definition) is 7. The Morgan fingerprint density at radius 2 is 2.00 bits per heavy atom. The summed E-state index contributed by atoms with van der Waals surface area (Å²) >= 11 is 6.52. The van der Waals surface area contributed by atoms with Crippen molar-refractivity contribution in [1.29, 1.82) is 0 Å². The Morgan fingerprint density at radius 3 is 2.76 bits per heavy atom. The van der Waals surface area contributed by atoms with Crippen molar-refractivity contribution < 1.29 is 9.53 Å². The molecule has 1 aromatic carbocycles. The van der Waals surface area contributed by atoms with Crippen LogP contribution in [0.4, 0.5) is 0 Å². The average Bonchev–Trinajstić information content (AvgIpc) is 3.16. The average molecular weight is 543 g/mol. The van der Waals surface area contributed by atoms with Crippen LogP contribution in [0.2, 0.25) is 0 Å². The van der Waals surface area contributed by atoms with Gasteiger partial charge in [-0.2, -0.15) is 0 Å². The van der Waals surface area contributed by atoms with Crippen LogP contribution < -0.4 is 0 Å². The summed E-state index contributed by atoms with van der Waals surface area (Å²) in [5, 5.41) is 1.97. The summed E-state index contributed by atoms with van der Waals surface area (Å²) in [6, 6.07) is 7.47. The Balaban J connectivity index is 1.56. The van der Waals surface area contributed by atoms with Crippen LogP contribution in [-0.2, 0) is 24.2 Å². The first-order valence-corrected chi connectivity index (χ1v) is 13.6. The lowest BCUT2D eigenvalue weighted by Gasteiger charge is -2.33. The molecule has 1 aliphatic rings. The van der Waals surface area contributed by atoms with Crippen LogP contribution in [-0.4, -0.2) is 32.1 Å². The highest BCUT2D eigenvalue weighted by molar-refractivity contribution is 9.10. The van der Waals surface area contributed by atoms with Gasteiger partial charge in [0.05, 0.1) is 28.2 Å². The quantitative estimate of drug-likeness (QED) is 0.152. The maximum Gasteiger partial charge on any atom is 0.173 e. The fourth-order valence-corrected chi connectivity index (χ4v) is 6.66. The van der Waals surface area contributed by atoms with Crippen LogP contribution in [0, 0.1) is 0 Å². The van der Waals surface area contributed by atoms with Crippen molar-refractivity contribution in [1.82, 2.24) is 15.0 Å². The largest absolute Gasteiger partial charge is 0.370 e. The van der Waals surface area contributed by atoms with E-state index in [4.69, 9.17) is 9.72 Å². The number of hydrogen-bond donors (Lipinski definition) is 0. The highest BCUT2D eigenvalue weighted by atomic mass is 79.9. The molecular weight excluding hydrogens is 518 g/mol. The Labute approximate surface area is 209 Å². The molecule has 1 aliphatic heterocycles. The van der Waals surface area contributed by atoms with Gasteiger partial charge in [-0.1, -0.05) is 53.2 Å². The molecule has 33 heavy (non-hydrogen) atoms. The molecule has 0 bridgehead atoms. The van der Waals surface area contributed by atoms with Gasteiger partial charge >= 0.3 is 0 Å². The zero-order valence-electron chi connectivity index (χ0n) is 18.8. The van der Waals surface area contributed by atoms with Crippen LogP contribution >= 0.6 is 39.0 Å². The fraction of sp³-hybridized carbons (Fsp3) is 0.360. The number of benzene rings is 1. The Morgan fingerprint density at radius 1 is 1.21 bits per heavy atom. The molecule has 0 fully saturated rings. The molecule has 0 saturated carbocycles. The molecular formula is C25H24BrN3O2S2. The van der Waals surface area contributed by atoms with Crippen molar-refractivity contribution in [2.75, 3.05) is 5.75 Å². The van der Waals surface area contributed by atoms with Crippen LogP contribution in [0.3, 0.4) is 0 Å². The normalized spacial score (nSPS) is 15.2. The van der Waals surface area contributed by atoms with Crippen LogP contribution in [0.25, 0.3) is 20.4 Å². The molecule has 0 spiro atoms. The first-order valence-electron chi connectivity index (χ1n) is 11.0. The predicted octanol–water partition coefficient (Wildman–Crippen LogP) is 6.78. The third-order valence-electron chi connectivity index (χ3n) is 5.87. The highest BCUT2D eigenvalue weighted by Gasteiger charge is 2.31. The number of thioether (sulfide) groups is 1. The van der Waals surface area contributed by atoms with Gasteiger partial charge in [-0.15, -0.1) is 11.3 Å². The smallest absolute Gasteiger partial charge is 0.173 e. The van der Waals surface area contributed by atoms with E-state index >= 15 is 0 Å². The van der Waals surface area contributed by atoms with Gasteiger partial charge in [-0.05, 0) is 38.0 Å². The van der Waals surface area contributed by atoms with Gasteiger partial charge < -0.3 is 4.74 Å². The molecule has 0 unspecified atom stereocenters. The minimum absolute atomic E-state index is 0.0833. The number of aromatic nitrogens is 3. The molecule has 0 aliphatic carbocycles. The van der Waals surface area contributed by atoms with Gasteiger partial charge in [0, 0.05) is 33.1 Å². The third-order valence-corrected chi connectivity index (χ3v) is 8.60. The molecule has 3 aromatic heterocycles. The molecule has 0 amide bonds. The molecule has 170 valence electrons. The van der Waals surface area contributed by atoms with E-state index in [9.17, 15) is 4.79 Å². The number of fused-ring (bicyclic) bond motifs is 5. The van der Waals surface area contributed by atoms with Crippen molar-refractivity contribution in [3.63, 3.8) is 0 Å². The van der Waals surface area contributed by atoms with E-state index in [-0.39, 0.29) is 11.4 Å². The maximum absolute atomic E-state index is 12.7. The van der Waals surface area contributed by atoms with Crippen molar-refractivity contribution >= 4 is 65.2 Å². The molecule has 0 N–H and O–H groups in total. The molecule has 4 aromatic rings. The summed E-state index contributed by atoms with van der Waals surface area (Å²) in [7, 11) is 0. The van der Waals surface area contributed by atoms with Gasteiger partial charge in [0.15, 0.2) is 5.78 Å². The van der Waals surface area contributed by atoms with Crippen molar-refractivity contribution in [2.45, 2.75) is 57.3 Å². The Bertz CT molecular complexity index is 1370. The highest BCUT2D eigenvalue weighted by Crippen LogP contribution is 2.42. The second-order valence-electron chi connectivity index (χ2n) is 8.85. The molecule has 0 radical (unpaired) electrons. The number of ether oxygens (including phenoxy) is 1. The molecule has 0 saturated heterocycles. The molecule has 8 heteroatoms. The van der Waals surface area contributed by atoms with E-state index in [2.05, 4.69) is 46.7 Å². The Hall–Kier alpha value is -1.87. The third kappa shape index (κ3) is 4.46. The number of carbonyl (C=O) groups is 1. The number of aryl methyl sites for hydroxylation is 1. The Kier molecular flexibility index (Phi) is 6.29. The number of ketones is 1. The lowest BCUT2D eigenvalue weighted by atomic mass is 9.88. The topological polar surface area (TPSA) is 65.0 Å². The number of Topliss-reactive ketones (excluding diaryl/α,β-unsaturated/α-hetero) is 1. The second-order valence-corrected chi connectivity index (χ2v) is 11.7. The van der Waals surface area contributed by atoms with E-state index in [0.29, 0.717) is 17.9 Å². The first kappa shape index (κ1) is 22.9. The SMILES string of the molecule is CCCc1nc2sc3c(SCC(=O)c4ccc(Br)cc4)ncnc3c2c2c1COC(C)(C)C2. The van der Waals surface area contributed by atoms with Gasteiger partial charge in [0.1, 0.15) is 16.2 Å². The summed E-state index contributed by atoms with van der Waals surface area (Å²) < 4.78 is 8.11. The summed E-state index contributed by atoms with van der Waals surface area (Å²) in [6.07, 6.45) is 4.42. The van der Waals surface area contributed by atoms with Crippen LogP contribution in [0.1, 0.15) is 54.4 Å². The second kappa shape index (κ2) is 9.06. The monoisotopic (exact) mass is 541 g/mol. The van der Waals surface area contributed by atoms with Gasteiger partial charge in [0.25, 0.3) is 0 Å². The van der Waals surface area contributed by atoms with Crippen LogP contribution in [0.15, 0.2) is 40.1 Å². The lowest BCUT2D eigenvalue weighted by Crippen LogP contribution is -2.32. The number of halogens is 1. The van der Waals surface area contributed by atoms with E-state index in [1.54, 1.807) is 17.7 Å². The molecule has 4 heterocycles.